The second kappa shape index (κ2) is 9.71. The number of nitrogens with one attached hydrogen (secondary N) is 2. The smallest absolute Gasteiger partial charge is 0.258 e. The number of hydrogen-bond acceptors (Lipinski definition) is 4. The van der Waals surface area contributed by atoms with Gasteiger partial charge in [0, 0.05) is 28.9 Å². The van der Waals surface area contributed by atoms with Gasteiger partial charge in [-0.3, -0.25) is 9.59 Å². The van der Waals surface area contributed by atoms with Gasteiger partial charge in [0.2, 0.25) is 0 Å². The lowest BCUT2D eigenvalue weighted by molar-refractivity contribution is 0.0953. The molecule has 0 unspecified atom stereocenters. The van der Waals surface area contributed by atoms with Gasteiger partial charge in [0.05, 0.1) is 5.56 Å². The molecule has 0 saturated heterocycles. The van der Waals surface area contributed by atoms with Crippen LogP contribution in [0.4, 0.5) is 5.69 Å². The molecule has 0 spiro atoms. The van der Waals surface area contributed by atoms with Crippen LogP contribution < -0.4 is 10.6 Å². The zero-order valence-electron chi connectivity index (χ0n) is 15.5. The molecule has 142 valence electrons. The van der Waals surface area contributed by atoms with Crippen molar-refractivity contribution in [3.63, 3.8) is 0 Å². The van der Waals surface area contributed by atoms with Crippen molar-refractivity contribution >= 4 is 29.3 Å². The number of carbonyl (C=O) groups excluding carboxylic acids is 2. The van der Waals surface area contributed by atoms with Crippen molar-refractivity contribution in [3.8, 4) is 0 Å². The molecule has 0 atom stereocenters. The molecule has 1 heterocycles. The number of hydrogen-bond donors (Lipinski definition) is 2. The van der Waals surface area contributed by atoms with Gasteiger partial charge in [0.25, 0.3) is 11.8 Å². The van der Waals surface area contributed by atoms with Gasteiger partial charge in [0.15, 0.2) is 0 Å². The summed E-state index contributed by atoms with van der Waals surface area (Å²) in [6.45, 7) is 2.64. The predicted octanol–water partition coefficient (Wildman–Crippen LogP) is 4.62. The Morgan fingerprint density at radius 3 is 2.39 bits per heavy atom. The van der Waals surface area contributed by atoms with Gasteiger partial charge >= 0.3 is 0 Å². The zero-order valence-corrected chi connectivity index (χ0v) is 16.3. The minimum absolute atomic E-state index is 0.117. The minimum atomic E-state index is -0.241. The Kier molecular flexibility index (Phi) is 6.81. The van der Waals surface area contributed by atoms with Crippen molar-refractivity contribution in [2.45, 2.75) is 23.3 Å². The maximum atomic E-state index is 12.7. The van der Waals surface area contributed by atoms with Crippen LogP contribution in [0, 0.1) is 0 Å². The molecule has 0 saturated carbocycles. The van der Waals surface area contributed by atoms with Gasteiger partial charge in [-0.15, -0.1) is 0 Å². The zero-order chi connectivity index (χ0) is 19.8. The molecule has 0 bridgehead atoms. The first-order chi connectivity index (χ1) is 13.7. The Bertz CT molecular complexity index is 944. The molecular formula is C22H21N3O2S. The quantitative estimate of drug-likeness (QED) is 0.616. The molecule has 6 heteroatoms. The number of carbonyl (C=O) groups is 2. The van der Waals surface area contributed by atoms with Crippen LogP contribution in [0.1, 0.15) is 34.1 Å². The van der Waals surface area contributed by atoms with Crippen LogP contribution >= 0.6 is 11.8 Å². The van der Waals surface area contributed by atoms with E-state index < -0.39 is 0 Å². The molecule has 2 aromatic carbocycles. The van der Waals surface area contributed by atoms with Gasteiger partial charge in [-0.25, -0.2) is 4.98 Å². The van der Waals surface area contributed by atoms with Crippen LogP contribution in [0.15, 0.2) is 82.8 Å². The van der Waals surface area contributed by atoms with Crippen LogP contribution in [0.25, 0.3) is 0 Å². The monoisotopic (exact) mass is 391 g/mol. The molecule has 2 amide bonds. The van der Waals surface area contributed by atoms with E-state index in [1.54, 1.807) is 42.6 Å². The molecule has 5 nitrogen and oxygen atoms in total. The SMILES string of the molecule is CCCNC(=O)c1ccc(NC(=O)c2cccnc2Sc2ccccc2)cc1. The predicted molar refractivity (Wildman–Crippen MR) is 112 cm³/mol. The van der Waals surface area contributed by atoms with E-state index in [1.807, 2.05) is 37.3 Å². The summed E-state index contributed by atoms with van der Waals surface area (Å²) in [5.41, 5.74) is 1.69. The molecule has 0 radical (unpaired) electrons. The summed E-state index contributed by atoms with van der Waals surface area (Å²) in [6, 6.07) is 20.1. The lowest BCUT2D eigenvalue weighted by atomic mass is 10.2. The largest absolute Gasteiger partial charge is 0.352 e. The molecule has 28 heavy (non-hydrogen) atoms. The number of pyridine rings is 1. The first kappa shape index (κ1) is 19.6. The fraction of sp³-hybridized carbons (Fsp3) is 0.136. The van der Waals surface area contributed by atoms with Gasteiger partial charge in [0.1, 0.15) is 5.03 Å². The van der Waals surface area contributed by atoms with Crippen LogP contribution in [0.2, 0.25) is 0 Å². The van der Waals surface area contributed by atoms with E-state index in [4.69, 9.17) is 0 Å². The number of aromatic nitrogens is 1. The van der Waals surface area contributed by atoms with Crippen LogP contribution in [0.5, 0.6) is 0 Å². The Hall–Kier alpha value is -3.12. The molecule has 1 aromatic heterocycles. The summed E-state index contributed by atoms with van der Waals surface area (Å²) in [4.78, 5) is 30.1. The number of amides is 2. The van der Waals surface area contributed by atoms with Gasteiger partial charge in [-0.1, -0.05) is 36.9 Å². The van der Waals surface area contributed by atoms with Gasteiger partial charge in [-0.05, 0) is 55.0 Å². The number of anilines is 1. The van der Waals surface area contributed by atoms with E-state index in [9.17, 15) is 9.59 Å². The van der Waals surface area contributed by atoms with E-state index in [1.165, 1.54) is 11.8 Å². The fourth-order valence-electron chi connectivity index (χ4n) is 2.49. The fourth-order valence-corrected chi connectivity index (χ4v) is 3.39. The molecule has 3 aromatic rings. The summed E-state index contributed by atoms with van der Waals surface area (Å²) < 4.78 is 0. The third-order valence-corrected chi connectivity index (χ3v) is 4.94. The standard InChI is InChI=1S/C22H21N3O2S/c1-2-14-23-20(26)16-10-12-17(13-11-16)25-21(27)19-9-6-15-24-22(19)28-18-7-4-3-5-8-18/h3-13,15H,2,14H2,1H3,(H,23,26)(H,25,27). The maximum absolute atomic E-state index is 12.7. The van der Waals surface area contributed by atoms with E-state index in [0.717, 1.165) is 11.3 Å². The first-order valence-corrected chi connectivity index (χ1v) is 9.86. The molecule has 0 aliphatic rings. The third kappa shape index (κ3) is 5.20. The topological polar surface area (TPSA) is 71.1 Å². The average Bonchev–Trinajstić information content (AvgIpc) is 2.73. The summed E-state index contributed by atoms with van der Waals surface area (Å²) in [5.74, 6) is -0.358. The second-order valence-electron chi connectivity index (χ2n) is 6.06. The molecular weight excluding hydrogens is 370 g/mol. The second-order valence-corrected chi connectivity index (χ2v) is 7.12. The maximum Gasteiger partial charge on any atom is 0.258 e. The summed E-state index contributed by atoms with van der Waals surface area (Å²) in [6.07, 6.45) is 2.56. The van der Waals surface area contributed by atoms with Crippen LogP contribution in [-0.4, -0.2) is 23.3 Å². The Morgan fingerprint density at radius 1 is 0.929 bits per heavy atom. The number of benzene rings is 2. The molecule has 0 aliphatic carbocycles. The lowest BCUT2D eigenvalue weighted by Crippen LogP contribution is -2.23. The highest BCUT2D eigenvalue weighted by molar-refractivity contribution is 7.99. The molecule has 2 N–H and O–H groups in total. The Labute approximate surface area is 168 Å². The first-order valence-electron chi connectivity index (χ1n) is 9.05. The summed E-state index contributed by atoms with van der Waals surface area (Å²) in [5, 5.41) is 6.34. The highest BCUT2D eigenvalue weighted by Crippen LogP contribution is 2.28. The summed E-state index contributed by atoms with van der Waals surface area (Å²) in [7, 11) is 0. The highest BCUT2D eigenvalue weighted by atomic mass is 32.2. The molecule has 0 aliphatic heterocycles. The summed E-state index contributed by atoms with van der Waals surface area (Å²) >= 11 is 1.44. The van der Waals surface area contributed by atoms with Gasteiger partial charge in [-0.2, -0.15) is 0 Å². The van der Waals surface area contributed by atoms with Gasteiger partial charge < -0.3 is 10.6 Å². The van der Waals surface area contributed by atoms with Crippen molar-refractivity contribution in [2.24, 2.45) is 0 Å². The van der Waals surface area contributed by atoms with Crippen molar-refractivity contribution in [1.82, 2.24) is 10.3 Å². The minimum Gasteiger partial charge on any atom is -0.352 e. The molecule has 0 fully saturated rings. The van der Waals surface area contributed by atoms with E-state index >= 15 is 0 Å². The van der Waals surface area contributed by atoms with Crippen LogP contribution in [-0.2, 0) is 0 Å². The molecule has 3 rings (SSSR count). The van der Waals surface area contributed by atoms with Crippen LogP contribution in [0.3, 0.4) is 0 Å². The van der Waals surface area contributed by atoms with E-state index in [-0.39, 0.29) is 11.8 Å². The highest BCUT2D eigenvalue weighted by Gasteiger charge is 2.14. The Morgan fingerprint density at radius 2 is 1.68 bits per heavy atom. The Balaban J connectivity index is 1.70. The lowest BCUT2D eigenvalue weighted by Gasteiger charge is -2.10. The van der Waals surface area contributed by atoms with Crippen molar-refractivity contribution in [2.75, 3.05) is 11.9 Å². The van der Waals surface area contributed by atoms with E-state index in [0.29, 0.717) is 28.4 Å². The average molecular weight is 391 g/mol. The third-order valence-electron chi connectivity index (χ3n) is 3.91. The van der Waals surface area contributed by atoms with Crippen molar-refractivity contribution in [1.29, 1.82) is 0 Å². The van der Waals surface area contributed by atoms with Crippen molar-refractivity contribution in [3.05, 3.63) is 84.1 Å². The number of rotatable bonds is 7. The van der Waals surface area contributed by atoms with E-state index in [2.05, 4.69) is 15.6 Å². The number of nitrogens with zero attached hydrogens (tertiary/aromatic N) is 1. The normalized spacial score (nSPS) is 10.3. The van der Waals surface area contributed by atoms with Crippen molar-refractivity contribution < 1.29 is 9.59 Å².